The molecule has 2 aromatic rings. The summed E-state index contributed by atoms with van der Waals surface area (Å²) < 4.78 is 11.1. The van der Waals surface area contributed by atoms with E-state index in [1.807, 2.05) is 11.0 Å². The minimum Gasteiger partial charge on any atom is -0.472 e. The fourth-order valence-corrected chi connectivity index (χ4v) is 3.45. The maximum absolute atomic E-state index is 12.9. The number of amides is 1. The third-order valence-corrected chi connectivity index (χ3v) is 4.76. The van der Waals surface area contributed by atoms with Crippen molar-refractivity contribution in [3.8, 4) is 5.88 Å². The zero-order valence-corrected chi connectivity index (χ0v) is 14.4. The predicted octanol–water partition coefficient (Wildman–Crippen LogP) is 3.15. The number of hydrogen-bond acceptors (Lipinski definition) is 4. The van der Waals surface area contributed by atoms with Gasteiger partial charge in [0, 0.05) is 30.9 Å². The van der Waals surface area contributed by atoms with Gasteiger partial charge in [0.15, 0.2) is 0 Å². The normalized spacial score (nSPS) is 19.6. The number of rotatable bonds is 3. The number of ether oxygens (including phenoxy) is 2. The minimum atomic E-state index is -0.00643. The van der Waals surface area contributed by atoms with E-state index in [4.69, 9.17) is 9.47 Å². The Morgan fingerprint density at radius 3 is 3.00 bits per heavy atom. The van der Waals surface area contributed by atoms with Gasteiger partial charge in [0.25, 0.3) is 5.91 Å². The summed E-state index contributed by atoms with van der Waals surface area (Å²) >= 11 is 0. The summed E-state index contributed by atoms with van der Waals surface area (Å²) in [7, 11) is 0. The maximum atomic E-state index is 12.9. The average Bonchev–Trinajstić information content (AvgIpc) is 3.14. The van der Waals surface area contributed by atoms with Crippen LogP contribution in [0.3, 0.4) is 0 Å². The van der Waals surface area contributed by atoms with E-state index in [0.29, 0.717) is 18.1 Å². The van der Waals surface area contributed by atoms with Crippen LogP contribution in [0.2, 0.25) is 0 Å². The van der Waals surface area contributed by atoms with Gasteiger partial charge in [-0.1, -0.05) is 17.7 Å². The van der Waals surface area contributed by atoms with E-state index in [0.717, 1.165) is 38.1 Å². The van der Waals surface area contributed by atoms with Crippen LogP contribution in [0.4, 0.5) is 5.69 Å². The Bertz CT molecular complexity index is 767. The third-order valence-electron chi connectivity index (χ3n) is 4.76. The monoisotopic (exact) mass is 338 g/mol. The van der Waals surface area contributed by atoms with E-state index in [2.05, 4.69) is 24.0 Å². The van der Waals surface area contributed by atoms with Crippen molar-refractivity contribution < 1.29 is 14.3 Å². The van der Waals surface area contributed by atoms with Gasteiger partial charge in [-0.3, -0.25) is 4.79 Å². The second kappa shape index (κ2) is 6.84. The molecular formula is C20H22N2O3. The van der Waals surface area contributed by atoms with Gasteiger partial charge in [0.2, 0.25) is 5.88 Å². The Balaban J connectivity index is 1.51. The molecule has 3 heterocycles. The molecule has 0 saturated carbocycles. The van der Waals surface area contributed by atoms with Crippen LogP contribution in [0.25, 0.3) is 0 Å². The predicted molar refractivity (Wildman–Crippen MR) is 95.3 cm³/mol. The summed E-state index contributed by atoms with van der Waals surface area (Å²) in [5.74, 6) is 0.537. The average molecular weight is 338 g/mol. The number of aryl methyl sites for hydroxylation is 2. The van der Waals surface area contributed by atoms with E-state index in [1.54, 1.807) is 18.3 Å². The van der Waals surface area contributed by atoms with E-state index in [9.17, 15) is 4.79 Å². The van der Waals surface area contributed by atoms with Crippen molar-refractivity contribution in [2.75, 3.05) is 24.7 Å². The molecule has 1 unspecified atom stereocenters. The van der Waals surface area contributed by atoms with Gasteiger partial charge in [-0.15, -0.1) is 0 Å². The summed E-state index contributed by atoms with van der Waals surface area (Å²) in [6.07, 6.45) is 4.56. The van der Waals surface area contributed by atoms with Crippen molar-refractivity contribution in [2.24, 2.45) is 0 Å². The van der Waals surface area contributed by atoms with Gasteiger partial charge < -0.3 is 14.4 Å². The molecule has 1 aromatic heterocycles. The first-order valence-electron chi connectivity index (χ1n) is 8.82. The van der Waals surface area contributed by atoms with Crippen LogP contribution < -0.4 is 9.64 Å². The number of benzene rings is 1. The molecule has 2 aliphatic rings. The zero-order valence-electron chi connectivity index (χ0n) is 14.4. The Morgan fingerprint density at radius 1 is 1.32 bits per heavy atom. The molecule has 1 atom stereocenters. The number of anilines is 1. The van der Waals surface area contributed by atoms with Gasteiger partial charge in [-0.25, -0.2) is 4.98 Å². The fourth-order valence-electron chi connectivity index (χ4n) is 3.45. The van der Waals surface area contributed by atoms with Crippen LogP contribution in [0.15, 0.2) is 36.5 Å². The summed E-state index contributed by atoms with van der Waals surface area (Å²) in [6, 6.07) is 9.85. The molecule has 0 N–H and O–H groups in total. The van der Waals surface area contributed by atoms with E-state index >= 15 is 0 Å². The van der Waals surface area contributed by atoms with Crippen molar-refractivity contribution >= 4 is 11.6 Å². The van der Waals surface area contributed by atoms with Crippen molar-refractivity contribution in [3.05, 3.63) is 53.2 Å². The van der Waals surface area contributed by atoms with Gasteiger partial charge in [-0.2, -0.15) is 0 Å². The fraction of sp³-hybridized carbons (Fsp3) is 0.400. The summed E-state index contributed by atoms with van der Waals surface area (Å²) in [6.45, 7) is 4.16. The molecule has 0 aliphatic carbocycles. The molecule has 0 radical (unpaired) electrons. The zero-order chi connectivity index (χ0) is 17.2. The van der Waals surface area contributed by atoms with Crippen molar-refractivity contribution in [1.29, 1.82) is 0 Å². The van der Waals surface area contributed by atoms with Gasteiger partial charge in [-0.05, 0) is 37.5 Å². The molecule has 0 bridgehead atoms. The largest absolute Gasteiger partial charge is 0.472 e. The second-order valence-electron chi connectivity index (χ2n) is 6.68. The lowest BCUT2D eigenvalue weighted by Crippen LogP contribution is -2.35. The number of fused-ring (bicyclic) bond motifs is 1. The SMILES string of the molecule is Cc1ccc2c(c1)CCCN2C(=O)c1ccc(OC2CCOC2)nc1. The summed E-state index contributed by atoms with van der Waals surface area (Å²) in [5, 5.41) is 0. The van der Waals surface area contributed by atoms with Crippen LogP contribution in [-0.2, 0) is 11.2 Å². The molecule has 25 heavy (non-hydrogen) atoms. The van der Waals surface area contributed by atoms with E-state index in [-0.39, 0.29) is 12.0 Å². The quantitative estimate of drug-likeness (QED) is 0.863. The molecule has 5 heteroatoms. The van der Waals surface area contributed by atoms with Crippen LogP contribution in [-0.4, -0.2) is 36.8 Å². The highest BCUT2D eigenvalue weighted by atomic mass is 16.5. The van der Waals surface area contributed by atoms with Crippen molar-refractivity contribution in [3.63, 3.8) is 0 Å². The first-order valence-corrected chi connectivity index (χ1v) is 8.82. The van der Waals surface area contributed by atoms with Gasteiger partial charge >= 0.3 is 0 Å². The number of aromatic nitrogens is 1. The van der Waals surface area contributed by atoms with Crippen LogP contribution in [0.1, 0.15) is 34.3 Å². The molecular weight excluding hydrogens is 316 g/mol. The maximum Gasteiger partial charge on any atom is 0.259 e. The second-order valence-corrected chi connectivity index (χ2v) is 6.68. The Labute approximate surface area is 147 Å². The Hall–Kier alpha value is -2.40. The molecule has 2 aliphatic heterocycles. The lowest BCUT2D eigenvalue weighted by atomic mass is 9.99. The topological polar surface area (TPSA) is 51.7 Å². The number of pyridine rings is 1. The molecule has 4 rings (SSSR count). The highest BCUT2D eigenvalue weighted by Crippen LogP contribution is 2.29. The van der Waals surface area contributed by atoms with E-state index in [1.165, 1.54) is 11.1 Å². The molecule has 1 amide bonds. The number of carbonyl (C=O) groups excluding carboxylic acids is 1. The first kappa shape index (κ1) is 16.1. The molecule has 1 saturated heterocycles. The highest BCUT2D eigenvalue weighted by molar-refractivity contribution is 6.06. The smallest absolute Gasteiger partial charge is 0.259 e. The summed E-state index contributed by atoms with van der Waals surface area (Å²) in [5.41, 5.74) is 4.08. The lowest BCUT2D eigenvalue weighted by Gasteiger charge is -2.29. The molecule has 1 aromatic carbocycles. The van der Waals surface area contributed by atoms with Crippen LogP contribution >= 0.6 is 0 Å². The highest BCUT2D eigenvalue weighted by Gasteiger charge is 2.24. The summed E-state index contributed by atoms with van der Waals surface area (Å²) in [4.78, 5) is 19.1. The Morgan fingerprint density at radius 2 is 2.24 bits per heavy atom. The van der Waals surface area contributed by atoms with E-state index < -0.39 is 0 Å². The standard InChI is InChI=1S/C20H22N2O3/c1-14-4-6-18-15(11-14)3-2-9-22(18)20(23)16-5-7-19(21-12-16)25-17-8-10-24-13-17/h4-7,11-12,17H,2-3,8-10,13H2,1H3. The third kappa shape index (κ3) is 3.37. The van der Waals surface area contributed by atoms with Gasteiger partial charge in [0.05, 0.1) is 18.8 Å². The Kier molecular flexibility index (Phi) is 4.40. The molecule has 130 valence electrons. The van der Waals surface area contributed by atoms with Crippen LogP contribution in [0.5, 0.6) is 5.88 Å². The van der Waals surface area contributed by atoms with Crippen molar-refractivity contribution in [2.45, 2.75) is 32.3 Å². The number of hydrogen-bond donors (Lipinski definition) is 0. The van der Waals surface area contributed by atoms with Crippen molar-refractivity contribution in [1.82, 2.24) is 4.98 Å². The lowest BCUT2D eigenvalue weighted by molar-refractivity contribution is 0.0984. The number of carbonyl (C=O) groups is 1. The van der Waals surface area contributed by atoms with Crippen LogP contribution in [0, 0.1) is 6.92 Å². The first-order chi connectivity index (χ1) is 12.2. The number of nitrogens with zero attached hydrogens (tertiary/aromatic N) is 2. The van der Waals surface area contributed by atoms with Gasteiger partial charge in [0.1, 0.15) is 6.10 Å². The molecule has 5 nitrogen and oxygen atoms in total. The molecule has 0 spiro atoms. The minimum absolute atomic E-state index is 0.00643. The molecule has 1 fully saturated rings.